The molecule has 4 nitrogen and oxygen atoms in total. The number of rotatable bonds is 2. The van der Waals surface area contributed by atoms with Crippen LogP contribution in [-0.2, 0) is 11.2 Å². The number of carbonyl (C=O) groups excluding carboxylic acids is 1. The van der Waals surface area contributed by atoms with Gasteiger partial charge in [-0.25, -0.2) is 4.79 Å². The Morgan fingerprint density at radius 2 is 2.20 bits per heavy atom. The van der Waals surface area contributed by atoms with Crippen LogP contribution in [0.2, 0.25) is 0 Å². The van der Waals surface area contributed by atoms with Crippen LogP contribution >= 0.6 is 0 Å². The maximum Gasteiger partial charge on any atom is 0.410 e. The van der Waals surface area contributed by atoms with E-state index in [9.17, 15) is 4.79 Å². The smallest absolute Gasteiger partial charge is 0.410 e. The Kier molecular flexibility index (Phi) is 4.31. The van der Waals surface area contributed by atoms with Gasteiger partial charge in [-0.3, -0.25) is 4.98 Å². The van der Waals surface area contributed by atoms with Crippen molar-refractivity contribution < 1.29 is 9.53 Å². The van der Waals surface area contributed by atoms with E-state index in [0.29, 0.717) is 5.92 Å². The third-order valence-corrected chi connectivity index (χ3v) is 3.43. The first-order chi connectivity index (χ1) is 9.33. The first kappa shape index (κ1) is 14.8. The lowest BCUT2D eigenvalue weighted by molar-refractivity contribution is 0.0288. The Bertz CT molecular complexity index is 462. The molecule has 0 bridgehead atoms. The van der Waals surface area contributed by atoms with Crippen LogP contribution in [0.4, 0.5) is 4.79 Å². The summed E-state index contributed by atoms with van der Waals surface area (Å²) in [6, 6.07) is 4.16. The van der Waals surface area contributed by atoms with Gasteiger partial charge in [0.1, 0.15) is 5.60 Å². The minimum absolute atomic E-state index is 0.193. The Morgan fingerprint density at radius 3 is 2.80 bits per heavy atom. The summed E-state index contributed by atoms with van der Waals surface area (Å²) in [5.74, 6) is 0.507. The lowest BCUT2D eigenvalue weighted by Crippen LogP contribution is -2.35. The SMILES string of the molecule is Cc1ccc(CC2CCN(C(=O)OC(C)(C)C)C2)cn1. The molecule has 20 heavy (non-hydrogen) atoms. The van der Waals surface area contributed by atoms with E-state index in [0.717, 1.165) is 31.6 Å². The number of likely N-dealkylation sites (tertiary alicyclic amines) is 1. The molecule has 1 amide bonds. The molecule has 1 aliphatic rings. The first-order valence-electron chi connectivity index (χ1n) is 7.23. The molecule has 0 aliphatic carbocycles. The second-order valence-corrected chi connectivity index (χ2v) is 6.59. The van der Waals surface area contributed by atoms with Gasteiger partial charge in [-0.05, 0) is 58.1 Å². The number of aryl methyl sites for hydroxylation is 1. The quantitative estimate of drug-likeness (QED) is 0.833. The number of amides is 1. The van der Waals surface area contributed by atoms with E-state index in [1.54, 1.807) is 0 Å². The first-order valence-corrected chi connectivity index (χ1v) is 7.23. The van der Waals surface area contributed by atoms with Crippen molar-refractivity contribution in [2.75, 3.05) is 13.1 Å². The maximum absolute atomic E-state index is 12.0. The Balaban J connectivity index is 1.86. The highest BCUT2D eigenvalue weighted by Gasteiger charge is 2.29. The lowest BCUT2D eigenvalue weighted by atomic mass is 10.00. The zero-order valence-corrected chi connectivity index (χ0v) is 12.8. The number of ether oxygens (including phenoxy) is 1. The number of aromatic nitrogens is 1. The summed E-state index contributed by atoms with van der Waals surface area (Å²) >= 11 is 0. The summed E-state index contributed by atoms with van der Waals surface area (Å²) in [5, 5.41) is 0. The van der Waals surface area contributed by atoms with Gasteiger partial charge in [0.05, 0.1) is 0 Å². The Hall–Kier alpha value is -1.58. The van der Waals surface area contributed by atoms with E-state index >= 15 is 0 Å². The van der Waals surface area contributed by atoms with E-state index in [-0.39, 0.29) is 6.09 Å². The number of pyridine rings is 1. The molecule has 1 aromatic rings. The van der Waals surface area contributed by atoms with Gasteiger partial charge in [0.25, 0.3) is 0 Å². The van der Waals surface area contributed by atoms with Gasteiger partial charge in [-0.15, -0.1) is 0 Å². The third-order valence-electron chi connectivity index (χ3n) is 3.43. The van der Waals surface area contributed by atoms with Crippen LogP contribution in [0, 0.1) is 12.8 Å². The molecule has 4 heteroatoms. The molecule has 0 saturated carbocycles. The molecule has 2 heterocycles. The van der Waals surface area contributed by atoms with E-state index in [2.05, 4.69) is 11.1 Å². The summed E-state index contributed by atoms with van der Waals surface area (Å²) in [6.45, 7) is 9.26. The molecule has 1 saturated heterocycles. The highest BCUT2D eigenvalue weighted by molar-refractivity contribution is 5.68. The average molecular weight is 276 g/mol. The van der Waals surface area contributed by atoms with Gasteiger partial charge in [0.2, 0.25) is 0 Å². The number of hydrogen-bond acceptors (Lipinski definition) is 3. The van der Waals surface area contributed by atoms with Gasteiger partial charge in [-0.2, -0.15) is 0 Å². The number of hydrogen-bond donors (Lipinski definition) is 0. The van der Waals surface area contributed by atoms with Crippen molar-refractivity contribution >= 4 is 6.09 Å². The molecule has 0 N–H and O–H groups in total. The molecule has 0 radical (unpaired) electrons. The van der Waals surface area contributed by atoms with E-state index in [4.69, 9.17) is 4.74 Å². The Labute approximate surface area is 121 Å². The number of carbonyl (C=O) groups is 1. The molecule has 0 aromatic carbocycles. The van der Waals surface area contributed by atoms with Crippen molar-refractivity contribution in [3.63, 3.8) is 0 Å². The zero-order chi connectivity index (χ0) is 14.8. The summed E-state index contributed by atoms with van der Waals surface area (Å²) in [4.78, 5) is 18.1. The Morgan fingerprint density at radius 1 is 1.45 bits per heavy atom. The summed E-state index contributed by atoms with van der Waals surface area (Å²) in [6.07, 6.45) is 3.76. The predicted octanol–water partition coefficient (Wildman–Crippen LogP) is 3.19. The van der Waals surface area contributed by atoms with Crippen molar-refractivity contribution in [3.05, 3.63) is 29.6 Å². The molecule has 1 aromatic heterocycles. The van der Waals surface area contributed by atoms with Crippen molar-refractivity contribution in [1.82, 2.24) is 9.88 Å². The monoisotopic (exact) mass is 276 g/mol. The molecular formula is C16H24N2O2. The standard InChI is InChI=1S/C16H24N2O2/c1-12-5-6-13(10-17-12)9-14-7-8-18(11-14)15(19)20-16(2,3)4/h5-6,10,14H,7-9,11H2,1-4H3. The topological polar surface area (TPSA) is 42.4 Å². The lowest BCUT2D eigenvalue weighted by Gasteiger charge is -2.24. The van der Waals surface area contributed by atoms with Crippen LogP contribution in [0.1, 0.15) is 38.4 Å². The van der Waals surface area contributed by atoms with Gasteiger partial charge in [-0.1, -0.05) is 6.07 Å². The van der Waals surface area contributed by atoms with Gasteiger partial charge in [0.15, 0.2) is 0 Å². The zero-order valence-electron chi connectivity index (χ0n) is 12.8. The fourth-order valence-electron chi connectivity index (χ4n) is 2.44. The number of nitrogens with zero attached hydrogens (tertiary/aromatic N) is 2. The second kappa shape index (κ2) is 5.81. The molecular weight excluding hydrogens is 252 g/mol. The third kappa shape index (κ3) is 4.22. The summed E-state index contributed by atoms with van der Waals surface area (Å²) < 4.78 is 5.41. The van der Waals surface area contributed by atoms with Gasteiger partial charge in [0, 0.05) is 25.0 Å². The largest absolute Gasteiger partial charge is 0.444 e. The average Bonchev–Trinajstić information content (AvgIpc) is 2.79. The fourth-order valence-corrected chi connectivity index (χ4v) is 2.44. The summed E-state index contributed by atoms with van der Waals surface area (Å²) in [5.41, 5.74) is 1.86. The van der Waals surface area contributed by atoms with Crippen molar-refractivity contribution in [2.24, 2.45) is 5.92 Å². The van der Waals surface area contributed by atoms with E-state index < -0.39 is 5.60 Å². The van der Waals surface area contributed by atoms with E-state index in [1.165, 1.54) is 5.56 Å². The van der Waals surface area contributed by atoms with Crippen LogP contribution in [0.5, 0.6) is 0 Å². The van der Waals surface area contributed by atoms with Crippen LogP contribution in [0.25, 0.3) is 0 Å². The highest BCUT2D eigenvalue weighted by atomic mass is 16.6. The fraction of sp³-hybridized carbons (Fsp3) is 0.625. The van der Waals surface area contributed by atoms with Crippen LogP contribution < -0.4 is 0 Å². The van der Waals surface area contributed by atoms with Gasteiger partial charge >= 0.3 is 6.09 Å². The highest BCUT2D eigenvalue weighted by Crippen LogP contribution is 2.22. The van der Waals surface area contributed by atoms with Crippen molar-refractivity contribution in [3.8, 4) is 0 Å². The predicted molar refractivity (Wildman–Crippen MR) is 78.6 cm³/mol. The minimum atomic E-state index is -0.421. The second-order valence-electron chi connectivity index (χ2n) is 6.59. The molecule has 1 atom stereocenters. The maximum atomic E-state index is 12.0. The molecule has 1 aliphatic heterocycles. The molecule has 2 rings (SSSR count). The van der Waals surface area contributed by atoms with Crippen LogP contribution in [-0.4, -0.2) is 34.7 Å². The summed E-state index contributed by atoms with van der Waals surface area (Å²) in [7, 11) is 0. The molecule has 110 valence electrons. The molecule has 1 unspecified atom stereocenters. The minimum Gasteiger partial charge on any atom is -0.444 e. The molecule has 1 fully saturated rings. The van der Waals surface area contributed by atoms with Crippen LogP contribution in [0.3, 0.4) is 0 Å². The van der Waals surface area contributed by atoms with Gasteiger partial charge < -0.3 is 9.64 Å². The van der Waals surface area contributed by atoms with Crippen molar-refractivity contribution in [2.45, 2.75) is 46.1 Å². The van der Waals surface area contributed by atoms with E-state index in [1.807, 2.05) is 44.9 Å². The normalized spacial score (nSPS) is 19.2. The van der Waals surface area contributed by atoms with Crippen molar-refractivity contribution in [1.29, 1.82) is 0 Å². The molecule has 0 spiro atoms. The van der Waals surface area contributed by atoms with Crippen LogP contribution in [0.15, 0.2) is 18.3 Å².